The van der Waals surface area contributed by atoms with Crippen LogP contribution in [-0.2, 0) is 4.79 Å². The Morgan fingerprint density at radius 1 is 1.36 bits per heavy atom. The number of hydrogen-bond acceptors (Lipinski definition) is 2. The Hall–Kier alpha value is -0.900. The van der Waals surface area contributed by atoms with Gasteiger partial charge in [0.15, 0.2) is 11.6 Å². The fourth-order valence-electron chi connectivity index (χ4n) is 0.837. The highest BCUT2D eigenvalue weighted by Gasteiger charge is 2.10. The lowest BCUT2D eigenvalue weighted by molar-refractivity contribution is -0.116. The molecule has 76 valence electrons. The lowest BCUT2D eigenvalue weighted by Gasteiger charge is -2.06. The molecule has 0 N–H and O–H groups in total. The summed E-state index contributed by atoms with van der Waals surface area (Å²) < 4.78 is 25.3. The molecule has 14 heavy (non-hydrogen) atoms. The maximum atomic E-state index is 12.8. The van der Waals surface area contributed by atoms with Gasteiger partial charge in [0.2, 0.25) is 0 Å². The van der Waals surface area contributed by atoms with E-state index in [1.165, 1.54) is 24.8 Å². The zero-order valence-electron chi connectivity index (χ0n) is 7.88. The molecule has 0 saturated carbocycles. The van der Waals surface area contributed by atoms with Gasteiger partial charge in [-0.3, -0.25) is 4.79 Å². The molecule has 1 rings (SSSR count). The standard InChI is InChI=1S/C10H10F2OS/c1-6(13)7(2)14-8-3-4-9(11)10(12)5-8/h3-5,7H,1-2H3. The molecule has 0 amide bonds. The molecule has 1 nitrogen and oxygen atoms in total. The van der Waals surface area contributed by atoms with Crippen LogP contribution >= 0.6 is 11.8 Å². The highest BCUT2D eigenvalue weighted by Crippen LogP contribution is 2.24. The molecule has 1 unspecified atom stereocenters. The minimum absolute atomic E-state index is 0.0136. The minimum Gasteiger partial charge on any atom is -0.299 e. The Kier molecular flexibility index (Phi) is 3.63. The van der Waals surface area contributed by atoms with E-state index >= 15 is 0 Å². The zero-order valence-corrected chi connectivity index (χ0v) is 8.70. The van der Waals surface area contributed by atoms with Crippen molar-refractivity contribution < 1.29 is 13.6 Å². The van der Waals surface area contributed by atoms with E-state index in [-0.39, 0.29) is 11.0 Å². The maximum Gasteiger partial charge on any atom is 0.159 e. The highest BCUT2D eigenvalue weighted by molar-refractivity contribution is 8.00. The fourth-order valence-corrected chi connectivity index (χ4v) is 1.73. The number of thioether (sulfide) groups is 1. The Morgan fingerprint density at radius 2 is 2.00 bits per heavy atom. The number of rotatable bonds is 3. The second-order valence-electron chi connectivity index (χ2n) is 2.95. The summed E-state index contributed by atoms with van der Waals surface area (Å²) in [5, 5.41) is -0.236. The first-order valence-corrected chi connectivity index (χ1v) is 5.01. The van der Waals surface area contributed by atoms with E-state index in [0.717, 1.165) is 12.1 Å². The Morgan fingerprint density at radius 3 is 2.50 bits per heavy atom. The second kappa shape index (κ2) is 4.55. The number of carbonyl (C=O) groups is 1. The van der Waals surface area contributed by atoms with Crippen molar-refractivity contribution in [3.8, 4) is 0 Å². The van der Waals surface area contributed by atoms with Gasteiger partial charge in [-0.15, -0.1) is 11.8 Å². The van der Waals surface area contributed by atoms with Crippen LogP contribution in [0.15, 0.2) is 23.1 Å². The van der Waals surface area contributed by atoms with Gasteiger partial charge in [0, 0.05) is 4.90 Å². The first-order chi connectivity index (χ1) is 6.50. The van der Waals surface area contributed by atoms with Gasteiger partial charge in [0.25, 0.3) is 0 Å². The number of benzene rings is 1. The molecule has 0 radical (unpaired) electrons. The number of halogens is 2. The summed E-state index contributed by atoms with van der Waals surface area (Å²) in [7, 11) is 0. The van der Waals surface area contributed by atoms with Crippen molar-refractivity contribution in [3.05, 3.63) is 29.8 Å². The van der Waals surface area contributed by atoms with Crippen molar-refractivity contribution in [1.29, 1.82) is 0 Å². The van der Waals surface area contributed by atoms with Gasteiger partial charge in [-0.1, -0.05) is 0 Å². The molecule has 1 aromatic carbocycles. The van der Waals surface area contributed by atoms with E-state index in [1.807, 2.05) is 0 Å². The van der Waals surface area contributed by atoms with Crippen LogP contribution in [0.5, 0.6) is 0 Å². The van der Waals surface area contributed by atoms with Crippen molar-refractivity contribution >= 4 is 17.5 Å². The molecular formula is C10H10F2OS. The monoisotopic (exact) mass is 216 g/mol. The van der Waals surface area contributed by atoms with Gasteiger partial charge in [-0.05, 0) is 32.0 Å². The average molecular weight is 216 g/mol. The molecule has 0 aromatic heterocycles. The summed E-state index contributed by atoms with van der Waals surface area (Å²) >= 11 is 1.22. The SMILES string of the molecule is CC(=O)C(C)Sc1ccc(F)c(F)c1. The highest BCUT2D eigenvalue weighted by atomic mass is 32.2. The van der Waals surface area contributed by atoms with Crippen LogP contribution in [0.2, 0.25) is 0 Å². The number of carbonyl (C=O) groups excluding carboxylic acids is 1. The summed E-state index contributed by atoms with van der Waals surface area (Å²) in [6, 6.07) is 3.62. The van der Waals surface area contributed by atoms with Crippen molar-refractivity contribution in [2.75, 3.05) is 0 Å². The topological polar surface area (TPSA) is 17.1 Å². The van der Waals surface area contributed by atoms with Crippen LogP contribution in [0.4, 0.5) is 8.78 Å². The lowest BCUT2D eigenvalue weighted by atomic mass is 10.3. The zero-order chi connectivity index (χ0) is 10.7. The van der Waals surface area contributed by atoms with Gasteiger partial charge in [-0.2, -0.15) is 0 Å². The predicted octanol–water partition coefficient (Wildman–Crippen LogP) is 3.03. The lowest BCUT2D eigenvalue weighted by Crippen LogP contribution is -2.07. The van der Waals surface area contributed by atoms with Gasteiger partial charge >= 0.3 is 0 Å². The van der Waals surface area contributed by atoms with Gasteiger partial charge in [-0.25, -0.2) is 8.78 Å². The second-order valence-corrected chi connectivity index (χ2v) is 4.36. The van der Waals surface area contributed by atoms with E-state index in [1.54, 1.807) is 6.92 Å². The molecule has 0 spiro atoms. The molecule has 0 aliphatic rings. The average Bonchev–Trinajstić information content (AvgIpc) is 2.11. The summed E-state index contributed by atoms with van der Waals surface area (Å²) in [6.07, 6.45) is 0. The quantitative estimate of drug-likeness (QED) is 0.722. The molecule has 4 heteroatoms. The number of Topliss-reactive ketones (excluding diaryl/α,β-unsaturated/α-hetero) is 1. The van der Waals surface area contributed by atoms with Crippen LogP contribution in [0.3, 0.4) is 0 Å². The smallest absolute Gasteiger partial charge is 0.159 e. The first-order valence-electron chi connectivity index (χ1n) is 4.13. The molecule has 0 aliphatic carbocycles. The summed E-state index contributed by atoms with van der Waals surface area (Å²) in [5.74, 6) is -1.74. The van der Waals surface area contributed by atoms with Crippen LogP contribution < -0.4 is 0 Å². The maximum absolute atomic E-state index is 12.8. The van der Waals surface area contributed by atoms with Crippen molar-refractivity contribution in [1.82, 2.24) is 0 Å². The summed E-state index contributed by atoms with van der Waals surface area (Å²) in [4.78, 5) is 11.5. The molecule has 1 atom stereocenters. The van der Waals surface area contributed by atoms with Gasteiger partial charge in [0.05, 0.1) is 5.25 Å². The Bertz CT molecular complexity index is 352. The van der Waals surface area contributed by atoms with Crippen LogP contribution in [0, 0.1) is 11.6 Å². The van der Waals surface area contributed by atoms with E-state index in [2.05, 4.69) is 0 Å². The summed E-state index contributed by atoms with van der Waals surface area (Å²) in [5.41, 5.74) is 0. The van der Waals surface area contributed by atoms with Crippen LogP contribution in [-0.4, -0.2) is 11.0 Å². The molecule has 0 fully saturated rings. The largest absolute Gasteiger partial charge is 0.299 e. The van der Waals surface area contributed by atoms with E-state index in [9.17, 15) is 13.6 Å². The molecule has 0 saturated heterocycles. The molecule has 1 aromatic rings. The molecule has 0 aliphatic heterocycles. The molecule has 0 bridgehead atoms. The van der Waals surface area contributed by atoms with Crippen molar-refractivity contribution in [2.24, 2.45) is 0 Å². The summed E-state index contributed by atoms with van der Waals surface area (Å²) in [6.45, 7) is 3.20. The Labute approximate surface area is 85.5 Å². The minimum atomic E-state index is -0.884. The van der Waals surface area contributed by atoms with E-state index < -0.39 is 11.6 Å². The van der Waals surface area contributed by atoms with Crippen molar-refractivity contribution in [3.63, 3.8) is 0 Å². The van der Waals surface area contributed by atoms with E-state index in [0.29, 0.717) is 4.90 Å². The van der Waals surface area contributed by atoms with Gasteiger partial charge in [0.1, 0.15) is 5.78 Å². The van der Waals surface area contributed by atoms with Crippen LogP contribution in [0.1, 0.15) is 13.8 Å². The Balaban J connectivity index is 2.78. The van der Waals surface area contributed by atoms with Crippen LogP contribution in [0.25, 0.3) is 0 Å². The van der Waals surface area contributed by atoms with E-state index in [4.69, 9.17) is 0 Å². The third-order valence-corrected chi connectivity index (χ3v) is 2.99. The normalized spacial score (nSPS) is 12.6. The third-order valence-electron chi connectivity index (χ3n) is 1.78. The fraction of sp³-hybridized carbons (Fsp3) is 0.300. The van der Waals surface area contributed by atoms with Crippen molar-refractivity contribution in [2.45, 2.75) is 24.0 Å². The third kappa shape index (κ3) is 2.80. The molecular weight excluding hydrogens is 206 g/mol. The number of hydrogen-bond donors (Lipinski definition) is 0. The molecule has 0 heterocycles. The predicted molar refractivity (Wildman–Crippen MR) is 52.4 cm³/mol. The first kappa shape index (κ1) is 11.2. The number of ketones is 1. The van der Waals surface area contributed by atoms with Gasteiger partial charge < -0.3 is 0 Å².